The van der Waals surface area contributed by atoms with Crippen molar-refractivity contribution < 1.29 is 35.9 Å². The number of hydrogen-bond acceptors (Lipinski definition) is 2. The first kappa shape index (κ1) is 19.3. The van der Waals surface area contributed by atoms with Gasteiger partial charge in [-0.05, 0) is 30.5 Å². The van der Waals surface area contributed by atoms with Crippen molar-refractivity contribution in [1.82, 2.24) is 0 Å². The first-order valence-corrected chi connectivity index (χ1v) is 7.47. The van der Waals surface area contributed by atoms with E-state index in [0.717, 1.165) is 0 Å². The SMILES string of the molecule is CC(C)CC1CC(=O)N(c2cc(C(F)(F)F)cc(C(F)(F)F)c2)C1=O. The molecule has 25 heavy (non-hydrogen) atoms. The van der Waals surface area contributed by atoms with Crippen LogP contribution >= 0.6 is 0 Å². The number of carbonyl (C=O) groups excluding carboxylic acids is 2. The van der Waals surface area contributed by atoms with Gasteiger partial charge in [0.2, 0.25) is 11.8 Å². The Labute approximate surface area is 139 Å². The highest BCUT2D eigenvalue weighted by molar-refractivity contribution is 6.21. The van der Waals surface area contributed by atoms with Crippen LogP contribution in [0, 0.1) is 11.8 Å². The summed E-state index contributed by atoms with van der Waals surface area (Å²) in [6.45, 7) is 3.60. The molecule has 1 aliphatic rings. The largest absolute Gasteiger partial charge is 0.416 e. The average molecular weight is 367 g/mol. The van der Waals surface area contributed by atoms with Gasteiger partial charge in [-0.3, -0.25) is 14.5 Å². The second-order valence-corrected chi connectivity index (χ2v) is 6.36. The van der Waals surface area contributed by atoms with Crippen LogP contribution in [0.3, 0.4) is 0 Å². The van der Waals surface area contributed by atoms with E-state index in [1.807, 2.05) is 0 Å². The summed E-state index contributed by atoms with van der Waals surface area (Å²) >= 11 is 0. The molecule has 0 bridgehead atoms. The summed E-state index contributed by atoms with van der Waals surface area (Å²) in [5.74, 6) is -2.26. The zero-order valence-corrected chi connectivity index (χ0v) is 13.3. The molecule has 0 saturated carbocycles. The van der Waals surface area contributed by atoms with Gasteiger partial charge in [0.1, 0.15) is 0 Å². The van der Waals surface area contributed by atoms with Gasteiger partial charge in [-0.1, -0.05) is 13.8 Å². The minimum atomic E-state index is -5.04. The third-order valence-corrected chi connectivity index (χ3v) is 3.83. The third-order valence-electron chi connectivity index (χ3n) is 3.83. The number of hydrogen-bond donors (Lipinski definition) is 0. The fourth-order valence-electron chi connectivity index (χ4n) is 2.79. The Morgan fingerprint density at radius 1 is 1.00 bits per heavy atom. The van der Waals surface area contributed by atoms with Crippen molar-refractivity contribution in [2.45, 2.75) is 39.0 Å². The monoisotopic (exact) mass is 367 g/mol. The van der Waals surface area contributed by atoms with Crippen molar-refractivity contribution in [3.8, 4) is 0 Å². The molecule has 1 aromatic carbocycles. The van der Waals surface area contributed by atoms with Gasteiger partial charge in [0, 0.05) is 12.3 Å². The van der Waals surface area contributed by atoms with Gasteiger partial charge in [-0.25, -0.2) is 0 Å². The molecule has 1 aromatic rings. The number of alkyl halides is 6. The van der Waals surface area contributed by atoms with E-state index >= 15 is 0 Å². The molecule has 2 rings (SSSR count). The van der Waals surface area contributed by atoms with Crippen molar-refractivity contribution in [1.29, 1.82) is 0 Å². The highest BCUT2D eigenvalue weighted by Crippen LogP contribution is 2.40. The predicted molar refractivity (Wildman–Crippen MR) is 76.5 cm³/mol. The first-order valence-electron chi connectivity index (χ1n) is 7.47. The topological polar surface area (TPSA) is 37.4 Å². The minimum Gasteiger partial charge on any atom is -0.274 e. The van der Waals surface area contributed by atoms with Gasteiger partial charge in [0.05, 0.1) is 16.8 Å². The Balaban J connectivity index is 2.51. The molecule has 2 amide bonds. The molecule has 0 aliphatic carbocycles. The third kappa shape index (κ3) is 4.13. The number of rotatable bonds is 3. The number of nitrogens with zero attached hydrogens (tertiary/aromatic N) is 1. The van der Waals surface area contributed by atoms with Crippen LogP contribution < -0.4 is 4.90 Å². The summed E-state index contributed by atoms with van der Waals surface area (Å²) in [5.41, 5.74) is -3.83. The molecule has 1 saturated heterocycles. The smallest absolute Gasteiger partial charge is 0.274 e. The maximum atomic E-state index is 12.9. The number of imide groups is 1. The van der Waals surface area contributed by atoms with E-state index < -0.39 is 46.9 Å². The van der Waals surface area contributed by atoms with E-state index in [1.54, 1.807) is 13.8 Å². The van der Waals surface area contributed by atoms with E-state index in [2.05, 4.69) is 0 Å². The van der Waals surface area contributed by atoms with Gasteiger partial charge in [0.25, 0.3) is 0 Å². The minimum absolute atomic E-state index is 0.0415. The second-order valence-electron chi connectivity index (χ2n) is 6.36. The molecular weight excluding hydrogens is 352 g/mol. The lowest BCUT2D eigenvalue weighted by Crippen LogP contribution is -2.31. The molecular formula is C16H15F6NO2. The Hall–Kier alpha value is -2.06. The van der Waals surface area contributed by atoms with Crippen LogP contribution in [-0.4, -0.2) is 11.8 Å². The van der Waals surface area contributed by atoms with E-state index in [-0.39, 0.29) is 18.4 Å². The molecule has 1 atom stereocenters. The summed E-state index contributed by atoms with van der Waals surface area (Å²) in [6, 6.07) is 0.742. The van der Waals surface area contributed by atoms with E-state index in [4.69, 9.17) is 0 Å². The summed E-state index contributed by atoms with van der Waals surface area (Å²) in [7, 11) is 0. The molecule has 9 heteroatoms. The van der Waals surface area contributed by atoms with Crippen LogP contribution in [0.4, 0.5) is 32.0 Å². The fourth-order valence-corrected chi connectivity index (χ4v) is 2.79. The molecule has 138 valence electrons. The number of amides is 2. The van der Waals surface area contributed by atoms with Crippen molar-refractivity contribution in [2.24, 2.45) is 11.8 Å². The van der Waals surface area contributed by atoms with Crippen molar-refractivity contribution in [2.75, 3.05) is 4.90 Å². The maximum absolute atomic E-state index is 12.9. The summed E-state index contributed by atoms with van der Waals surface area (Å²) in [5, 5.41) is 0. The van der Waals surface area contributed by atoms with Crippen LogP contribution in [0.25, 0.3) is 0 Å². The van der Waals surface area contributed by atoms with Crippen LogP contribution in [0.5, 0.6) is 0 Å². The van der Waals surface area contributed by atoms with Crippen LogP contribution in [0.2, 0.25) is 0 Å². The lowest BCUT2D eigenvalue weighted by Gasteiger charge is -2.20. The van der Waals surface area contributed by atoms with Gasteiger partial charge in [-0.15, -0.1) is 0 Å². The molecule has 3 nitrogen and oxygen atoms in total. The van der Waals surface area contributed by atoms with Gasteiger partial charge in [0.15, 0.2) is 0 Å². The Morgan fingerprint density at radius 2 is 1.48 bits per heavy atom. The zero-order valence-electron chi connectivity index (χ0n) is 13.3. The van der Waals surface area contributed by atoms with Crippen molar-refractivity contribution in [3.63, 3.8) is 0 Å². The van der Waals surface area contributed by atoms with E-state index in [0.29, 0.717) is 23.5 Å². The molecule has 0 aromatic heterocycles. The van der Waals surface area contributed by atoms with Crippen LogP contribution in [0.1, 0.15) is 37.8 Å². The number of halogens is 6. The normalized spacial score (nSPS) is 19.2. The molecule has 0 N–H and O–H groups in total. The van der Waals surface area contributed by atoms with Crippen molar-refractivity contribution in [3.05, 3.63) is 29.3 Å². The summed E-state index contributed by atoms with van der Waals surface area (Å²) in [4.78, 5) is 24.8. The van der Waals surface area contributed by atoms with Crippen molar-refractivity contribution >= 4 is 17.5 Å². The fraction of sp³-hybridized carbons (Fsp3) is 0.500. The zero-order chi connectivity index (χ0) is 19.2. The highest BCUT2D eigenvalue weighted by Gasteiger charge is 2.42. The van der Waals surface area contributed by atoms with Crippen LogP contribution in [0.15, 0.2) is 18.2 Å². The highest BCUT2D eigenvalue weighted by atomic mass is 19.4. The second kappa shape index (κ2) is 6.34. The number of carbonyl (C=O) groups is 2. The summed E-state index contributed by atoms with van der Waals surface area (Å²) in [6.07, 6.45) is -9.99. The van der Waals surface area contributed by atoms with E-state index in [9.17, 15) is 35.9 Å². The molecule has 0 spiro atoms. The Kier molecular flexibility index (Phi) is 4.89. The number of benzene rings is 1. The Morgan fingerprint density at radius 3 is 1.88 bits per heavy atom. The lowest BCUT2D eigenvalue weighted by molar-refractivity contribution is -0.143. The van der Waals surface area contributed by atoms with Gasteiger partial charge < -0.3 is 0 Å². The van der Waals surface area contributed by atoms with E-state index in [1.165, 1.54) is 0 Å². The molecule has 1 heterocycles. The first-order chi connectivity index (χ1) is 11.3. The maximum Gasteiger partial charge on any atom is 0.416 e. The van der Waals surface area contributed by atoms with Gasteiger partial charge in [-0.2, -0.15) is 26.3 Å². The molecule has 1 aliphatic heterocycles. The van der Waals surface area contributed by atoms with Gasteiger partial charge >= 0.3 is 12.4 Å². The standard InChI is InChI=1S/C16H15F6NO2/c1-8(2)3-9-4-13(24)23(14(9)25)12-6-10(15(17,18)19)5-11(7-12)16(20,21)22/h5-9H,3-4H2,1-2H3. The quantitative estimate of drug-likeness (QED) is 0.576. The molecule has 0 radical (unpaired) electrons. The van der Waals surface area contributed by atoms with Crippen LogP contribution in [-0.2, 0) is 21.9 Å². The number of anilines is 1. The Bertz CT molecular complexity index is 661. The lowest BCUT2D eigenvalue weighted by atomic mass is 9.96. The summed E-state index contributed by atoms with van der Waals surface area (Å²) < 4.78 is 77.5. The molecule has 1 fully saturated rings. The predicted octanol–water partition coefficient (Wildman–Crippen LogP) is 4.65. The average Bonchev–Trinajstić information content (AvgIpc) is 2.70. The molecule has 1 unspecified atom stereocenters.